The minimum Gasteiger partial charge on any atom is -0.480 e. The fraction of sp³-hybridized carbons (Fsp3) is 0.600. The van der Waals surface area contributed by atoms with Gasteiger partial charge in [0.05, 0.1) is 18.0 Å². The number of hydrogen-bond acceptors (Lipinski definition) is 8. The lowest BCUT2D eigenvalue weighted by molar-refractivity contribution is -0.149. The van der Waals surface area contributed by atoms with Crippen molar-refractivity contribution in [3.8, 4) is 0 Å². The number of nitrogens with zero attached hydrogens (tertiary/aromatic N) is 5. The molecule has 190 valence electrons. The molecule has 1 unspecified atom stereocenters. The van der Waals surface area contributed by atoms with E-state index in [0.717, 1.165) is 49.6 Å². The summed E-state index contributed by atoms with van der Waals surface area (Å²) >= 11 is 0. The molecule has 4 rings (SSSR count). The van der Waals surface area contributed by atoms with Crippen LogP contribution in [0.15, 0.2) is 34.5 Å². The summed E-state index contributed by atoms with van der Waals surface area (Å²) < 4.78 is 5.34. The lowest BCUT2D eigenvalue weighted by Gasteiger charge is -2.32. The largest absolute Gasteiger partial charge is 0.480 e. The van der Waals surface area contributed by atoms with Crippen LogP contribution in [0.3, 0.4) is 0 Å². The first kappa shape index (κ1) is 25.1. The van der Waals surface area contributed by atoms with Gasteiger partial charge in [0, 0.05) is 45.7 Å². The summed E-state index contributed by atoms with van der Waals surface area (Å²) in [5, 5.41) is 19.7. The molecule has 2 saturated heterocycles. The third kappa shape index (κ3) is 7.02. The molecule has 1 aromatic rings. The molecule has 3 aliphatic heterocycles. The van der Waals surface area contributed by atoms with E-state index < -0.39 is 12.1 Å². The van der Waals surface area contributed by atoms with Gasteiger partial charge in [-0.2, -0.15) is 5.10 Å². The Labute approximate surface area is 206 Å². The molecule has 10 heteroatoms. The lowest BCUT2D eigenvalue weighted by atomic mass is 10.0. The standard InChI is InChI=1S/C25H35N5O5/c1-2-9-28-12-14-30(15-13-28)26-17-19-3-5-20(6-4-19)22-16-23(35-27-22)25(33)29-10-7-21(8-11-29)34-18-24(31)32/h3-6,17,21,23H,2,7-16,18H2,1H3,(H,31,32)/b26-17+. The van der Waals surface area contributed by atoms with Gasteiger partial charge in [0.1, 0.15) is 6.61 Å². The third-order valence-corrected chi connectivity index (χ3v) is 6.64. The maximum Gasteiger partial charge on any atom is 0.329 e. The third-order valence-electron chi connectivity index (χ3n) is 6.64. The van der Waals surface area contributed by atoms with Crippen molar-refractivity contribution in [1.29, 1.82) is 0 Å². The Morgan fingerprint density at radius 3 is 2.51 bits per heavy atom. The predicted molar refractivity (Wildman–Crippen MR) is 132 cm³/mol. The second-order valence-corrected chi connectivity index (χ2v) is 9.23. The topological polar surface area (TPSA) is 107 Å². The van der Waals surface area contributed by atoms with Crippen molar-refractivity contribution >= 4 is 23.8 Å². The predicted octanol–water partition coefficient (Wildman–Crippen LogP) is 1.63. The van der Waals surface area contributed by atoms with Crippen molar-refractivity contribution in [3.63, 3.8) is 0 Å². The molecule has 0 aromatic heterocycles. The Hall–Kier alpha value is -2.98. The number of oxime groups is 1. The molecule has 3 aliphatic rings. The van der Waals surface area contributed by atoms with Crippen LogP contribution < -0.4 is 0 Å². The van der Waals surface area contributed by atoms with Gasteiger partial charge in [0.2, 0.25) is 6.10 Å². The number of carboxylic acid groups (broad SMARTS) is 1. The van der Waals surface area contributed by atoms with Crippen molar-refractivity contribution in [3.05, 3.63) is 35.4 Å². The van der Waals surface area contributed by atoms with E-state index in [1.54, 1.807) is 4.90 Å². The molecular weight excluding hydrogens is 450 g/mol. The number of ether oxygens (including phenoxy) is 1. The van der Waals surface area contributed by atoms with Crippen LogP contribution in [0.4, 0.5) is 0 Å². The van der Waals surface area contributed by atoms with E-state index in [1.807, 2.05) is 30.5 Å². The lowest BCUT2D eigenvalue weighted by Crippen LogP contribution is -2.45. The van der Waals surface area contributed by atoms with Crippen LogP contribution in [0.25, 0.3) is 0 Å². The van der Waals surface area contributed by atoms with Crippen molar-refractivity contribution in [2.45, 2.75) is 44.8 Å². The van der Waals surface area contributed by atoms with E-state index in [1.165, 1.54) is 6.42 Å². The zero-order valence-corrected chi connectivity index (χ0v) is 20.3. The van der Waals surface area contributed by atoms with E-state index in [4.69, 9.17) is 14.7 Å². The SMILES string of the molecule is CCCN1CCN(/N=C/c2ccc(C3=NOC(C(=O)N4CCC(OCC(=O)O)CC4)C3)cc2)CC1. The summed E-state index contributed by atoms with van der Waals surface area (Å²) in [6.45, 7) is 8.13. The van der Waals surface area contributed by atoms with E-state index >= 15 is 0 Å². The number of piperidine rings is 1. The number of aliphatic carboxylic acids is 1. The highest BCUT2D eigenvalue weighted by Crippen LogP contribution is 2.21. The molecule has 35 heavy (non-hydrogen) atoms. The Kier molecular flexibility index (Phi) is 8.70. The normalized spacial score (nSPS) is 21.9. The average molecular weight is 486 g/mol. The number of rotatable bonds is 9. The van der Waals surface area contributed by atoms with Crippen LogP contribution in [0.1, 0.15) is 43.7 Å². The first-order valence-electron chi connectivity index (χ1n) is 12.5. The Balaban J connectivity index is 1.22. The van der Waals surface area contributed by atoms with E-state index in [-0.39, 0.29) is 18.6 Å². The quantitative estimate of drug-likeness (QED) is 0.530. The highest BCUT2D eigenvalue weighted by Gasteiger charge is 2.34. The minimum absolute atomic E-state index is 0.0804. The van der Waals surface area contributed by atoms with E-state index in [9.17, 15) is 9.59 Å². The maximum absolute atomic E-state index is 12.9. The second kappa shape index (κ2) is 12.1. The summed E-state index contributed by atoms with van der Waals surface area (Å²) in [7, 11) is 0. The molecule has 10 nitrogen and oxygen atoms in total. The number of amides is 1. The van der Waals surface area contributed by atoms with Gasteiger partial charge in [0.25, 0.3) is 5.91 Å². The number of benzene rings is 1. The number of carboxylic acids is 1. The van der Waals surface area contributed by atoms with Crippen LogP contribution >= 0.6 is 0 Å². The molecule has 0 saturated carbocycles. The average Bonchev–Trinajstić information content (AvgIpc) is 3.38. The Morgan fingerprint density at radius 2 is 1.86 bits per heavy atom. The van der Waals surface area contributed by atoms with Crippen molar-refractivity contribution < 1.29 is 24.3 Å². The van der Waals surface area contributed by atoms with Gasteiger partial charge in [-0.15, -0.1) is 0 Å². The van der Waals surface area contributed by atoms with Gasteiger partial charge >= 0.3 is 5.97 Å². The summed E-state index contributed by atoms with van der Waals surface area (Å²) in [6, 6.07) is 7.99. The van der Waals surface area contributed by atoms with Gasteiger partial charge in [-0.25, -0.2) is 4.79 Å². The number of likely N-dealkylation sites (tertiary alicyclic amines) is 1. The highest BCUT2D eigenvalue weighted by atomic mass is 16.6. The summed E-state index contributed by atoms with van der Waals surface area (Å²) in [4.78, 5) is 33.2. The molecule has 2 fully saturated rings. The first-order chi connectivity index (χ1) is 17.0. The fourth-order valence-electron chi connectivity index (χ4n) is 4.62. The minimum atomic E-state index is -0.978. The maximum atomic E-state index is 12.9. The number of carbonyl (C=O) groups excluding carboxylic acids is 1. The Bertz CT molecular complexity index is 919. The van der Waals surface area contributed by atoms with E-state index in [2.05, 4.69) is 27.1 Å². The smallest absolute Gasteiger partial charge is 0.329 e. The number of carbonyl (C=O) groups is 2. The van der Waals surface area contributed by atoms with Crippen molar-refractivity contribution in [1.82, 2.24) is 14.8 Å². The Morgan fingerprint density at radius 1 is 1.14 bits per heavy atom. The van der Waals surface area contributed by atoms with Gasteiger partial charge < -0.3 is 19.6 Å². The summed E-state index contributed by atoms with van der Waals surface area (Å²) in [5.41, 5.74) is 2.72. The van der Waals surface area contributed by atoms with Crippen molar-refractivity contribution in [2.24, 2.45) is 10.3 Å². The van der Waals surface area contributed by atoms with Gasteiger partial charge in [-0.1, -0.05) is 36.3 Å². The van der Waals surface area contributed by atoms with Crippen LogP contribution in [-0.4, -0.2) is 108 Å². The van der Waals surface area contributed by atoms with Gasteiger partial charge in [-0.05, 0) is 36.9 Å². The summed E-state index contributed by atoms with van der Waals surface area (Å²) in [5.74, 6) is -1.06. The van der Waals surface area contributed by atoms with Crippen LogP contribution in [0, 0.1) is 0 Å². The molecule has 1 N–H and O–H groups in total. The fourth-order valence-corrected chi connectivity index (χ4v) is 4.62. The van der Waals surface area contributed by atoms with Crippen LogP contribution in [0.2, 0.25) is 0 Å². The van der Waals surface area contributed by atoms with Crippen LogP contribution in [-0.2, 0) is 19.2 Å². The molecule has 3 heterocycles. The van der Waals surface area contributed by atoms with Crippen LogP contribution in [0.5, 0.6) is 0 Å². The zero-order chi connectivity index (χ0) is 24.6. The molecule has 0 bridgehead atoms. The zero-order valence-electron chi connectivity index (χ0n) is 20.3. The molecule has 1 amide bonds. The molecular formula is C25H35N5O5. The van der Waals surface area contributed by atoms with Gasteiger partial charge in [0.15, 0.2) is 0 Å². The molecule has 0 radical (unpaired) electrons. The number of hydrogen-bond donors (Lipinski definition) is 1. The molecule has 1 aromatic carbocycles. The van der Waals surface area contributed by atoms with E-state index in [0.29, 0.717) is 32.4 Å². The monoisotopic (exact) mass is 485 g/mol. The first-order valence-corrected chi connectivity index (χ1v) is 12.5. The highest BCUT2D eigenvalue weighted by molar-refractivity contribution is 6.04. The second-order valence-electron chi connectivity index (χ2n) is 9.23. The molecule has 0 spiro atoms. The molecule has 1 atom stereocenters. The number of piperazine rings is 1. The van der Waals surface area contributed by atoms with Gasteiger partial charge in [-0.3, -0.25) is 14.7 Å². The summed E-state index contributed by atoms with van der Waals surface area (Å²) in [6.07, 6.45) is 4.01. The molecule has 0 aliphatic carbocycles. The number of hydrazone groups is 1. The van der Waals surface area contributed by atoms with Crippen molar-refractivity contribution in [2.75, 3.05) is 52.4 Å².